The molecule has 0 bridgehead atoms. The first-order chi connectivity index (χ1) is 13.0. The Morgan fingerprint density at radius 2 is 1.89 bits per heavy atom. The van der Waals surface area contributed by atoms with E-state index in [1.165, 1.54) is 5.48 Å². The fourth-order valence-electron chi connectivity index (χ4n) is 2.64. The van der Waals surface area contributed by atoms with Crippen LogP contribution in [0.2, 0.25) is 0 Å². The van der Waals surface area contributed by atoms with E-state index < -0.39 is 23.9 Å². The van der Waals surface area contributed by atoms with Gasteiger partial charge >= 0.3 is 0 Å². The molecule has 1 heterocycles. The maximum atomic E-state index is 12.2. The zero-order valence-electron chi connectivity index (χ0n) is 15.2. The summed E-state index contributed by atoms with van der Waals surface area (Å²) in [5, 5.41) is 14.5. The van der Waals surface area contributed by atoms with Crippen molar-refractivity contribution in [2.45, 2.75) is 31.8 Å². The molecule has 0 unspecified atom stereocenters. The molecule has 0 spiro atoms. The van der Waals surface area contributed by atoms with E-state index in [0.29, 0.717) is 11.5 Å². The molecule has 1 aliphatic heterocycles. The average molecular weight is 368 g/mol. The molecule has 2 rings (SSSR count). The van der Waals surface area contributed by atoms with E-state index in [2.05, 4.69) is 34.3 Å². The Morgan fingerprint density at radius 1 is 1.22 bits per heavy atom. The molecule has 2 amide bonds. The van der Waals surface area contributed by atoms with Crippen molar-refractivity contribution in [3.63, 3.8) is 0 Å². The van der Waals surface area contributed by atoms with Crippen LogP contribution < -0.4 is 21.8 Å². The summed E-state index contributed by atoms with van der Waals surface area (Å²) < 4.78 is 0. The minimum atomic E-state index is -1.03. The van der Waals surface area contributed by atoms with Crippen LogP contribution in [-0.2, 0) is 4.79 Å². The second-order valence-electron chi connectivity index (χ2n) is 6.41. The summed E-state index contributed by atoms with van der Waals surface area (Å²) >= 11 is 0. The van der Waals surface area contributed by atoms with E-state index >= 15 is 0 Å². The molecule has 1 aromatic carbocycles. The maximum Gasteiger partial charge on any atom is 0.267 e. The third-order valence-corrected chi connectivity index (χ3v) is 4.24. The molecule has 1 saturated heterocycles. The Morgan fingerprint density at radius 3 is 2.48 bits per heavy atom. The molecule has 0 saturated carbocycles. The van der Waals surface area contributed by atoms with E-state index in [1.54, 1.807) is 31.2 Å². The molecule has 0 aliphatic carbocycles. The zero-order chi connectivity index (χ0) is 19.6. The van der Waals surface area contributed by atoms with Gasteiger partial charge in [-0.1, -0.05) is 11.8 Å². The van der Waals surface area contributed by atoms with Crippen LogP contribution in [0.3, 0.4) is 0 Å². The van der Waals surface area contributed by atoms with Crippen molar-refractivity contribution in [2.75, 3.05) is 13.1 Å². The Bertz CT molecular complexity index is 775. The number of carbonyl (C=O) groups excluding carboxylic acids is 2. The first-order valence-corrected chi connectivity index (χ1v) is 8.84. The van der Waals surface area contributed by atoms with E-state index in [9.17, 15) is 9.59 Å². The number of nitrogens with two attached hydrogens (primary N) is 1. The zero-order valence-corrected chi connectivity index (χ0v) is 15.2. The summed E-state index contributed by atoms with van der Waals surface area (Å²) in [6, 6.07) is 4.93. The molecule has 2 atom stereocenters. The van der Waals surface area contributed by atoms with Crippen LogP contribution >= 0.6 is 0 Å². The van der Waals surface area contributed by atoms with Crippen LogP contribution in [0.15, 0.2) is 24.3 Å². The van der Waals surface area contributed by atoms with Gasteiger partial charge in [-0.2, -0.15) is 0 Å². The molecule has 1 fully saturated rings. The Labute approximate surface area is 159 Å². The van der Waals surface area contributed by atoms with Crippen LogP contribution in [-0.4, -0.2) is 42.2 Å². The van der Waals surface area contributed by atoms with Crippen molar-refractivity contribution >= 4 is 11.8 Å². The third kappa shape index (κ3) is 6.43. The first-order valence-electron chi connectivity index (χ1n) is 8.84. The lowest BCUT2D eigenvalue weighted by molar-refractivity contribution is -0.131. The van der Waals surface area contributed by atoms with Crippen molar-refractivity contribution in [1.82, 2.24) is 16.1 Å². The van der Waals surface area contributed by atoms with Crippen LogP contribution in [0.1, 0.15) is 35.7 Å². The molecule has 1 aromatic rings. The SMILES string of the molecule is C[C@@H](N)[C@H](NC(=O)c1ccc(C#CC#CC2CCNCC2)cc1)C(=O)NO. The number of amides is 2. The van der Waals surface area contributed by atoms with Gasteiger partial charge in [0.05, 0.1) is 0 Å². The quantitative estimate of drug-likeness (QED) is 0.291. The largest absolute Gasteiger partial charge is 0.339 e. The number of benzene rings is 1. The highest BCUT2D eigenvalue weighted by Gasteiger charge is 2.24. The molecule has 0 radical (unpaired) electrons. The Kier molecular flexibility index (Phi) is 7.84. The minimum Gasteiger partial charge on any atom is -0.339 e. The average Bonchev–Trinajstić information content (AvgIpc) is 2.69. The van der Waals surface area contributed by atoms with E-state index in [-0.39, 0.29) is 0 Å². The van der Waals surface area contributed by atoms with Gasteiger partial charge in [-0.05, 0) is 69.0 Å². The summed E-state index contributed by atoms with van der Waals surface area (Å²) in [6.45, 7) is 3.56. The number of piperidine rings is 1. The molecule has 1 aliphatic rings. The van der Waals surface area contributed by atoms with Crippen molar-refractivity contribution in [1.29, 1.82) is 0 Å². The second kappa shape index (κ2) is 10.3. The lowest BCUT2D eigenvalue weighted by Gasteiger charge is -2.19. The molecule has 7 heteroatoms. The Balaban J connectivity index is 1.96. The molecule has 0 aromatic heterocycles. The smallest absolute Gasteiger partial charge is 0.267 e. The van der Waals surface area contributed by atoms with Crippen molar-refractivity contribution in [2.24, 2.45) is 11.7 Å². The van der Waals surface area contributed by atoms with Crippen molar-refractivity contribution in [3.05, 3.63) is 35.4 Å². The van der Waals surface area contributed by atoms with Crippen LogP contribution in [0.25, 0.3) is 0 Å². The van der Waals surface area contributed by atoms with Crippen LogP contribution in [0.4, 0.5) is 0 Å². The van der Waals surface area contributed by atoms with Crippen LogP contribution in [0, 0.1) is 29.6 Å². The molecule has 6 N–H and O–H groups in total. The lowest BCUT2D eigenvalue weighted by atomic mass is 9.99. The van der Waals surface area contributed by atoms with Gasteiger partial charge in [-0.15, -0.1) is 0 Å². The van der Waals surface area contributed by atoms with Gasteiger partial charge in [0, 0.05) is 23.1 Å². The van der Waals surface area contributed by atoms with Gasteiger partial charge < -0.3 is 16.4 Å². The number of rotatable bonds is 4. The van der Waals surface area contributed by atoms with Gasteiger partial charge in [0.1, 0.15) is 6.04 Å². The summed E-state index contributed by atoms with van der Waals surface area (Å²) in [4.78, 5) is 23.8. The van der Waals surface area contributed by atoms with Gasteiger partial charge in [-0.3, -0.25) is 14.8 Å². The van der Waals surface area contributed by atoms with Gasteiger partial charge in [0.15, 0.2) is 0 Å². The van der Waals surface area contributed by atoms with Gasteiger partial charge in [0.25, 0.3) is 11.8 Å². The molecular formula is C20H24N4O3. The van der Waals surface area contributed by atoms with E-state index in [0.717, 1.165) is 31.5 Å². The van der Waals surface area contributed by atoms with E-state index in [1.807, 2.05) is 0 Å². The number of hydroxylamine groups is 1. The summed E-state index contributed by atoms with van der Waals surface area (Å²) in [7, 11) is 0. The number of hydrogen-bond donors (Lipinski definition) is 5. The number of carbonyl (C=O) groups is 2. The monoisotopic (exact) mass is 368 g/mol. The normalized spacial score (nSPS) is 16.0. The lowest BCUT2D eigenvalue weighted by Crippen LogP contribution is -2.54. The van der Waals surface area contributed by atoms with E-state index in [4.69, 9.17) is 10.9 Å². The standard InChI is InChI=1S/C20H24N4O3/c1-14(21)18(20(26)24-27)23-19(25)17-8-6-15(7-9-17)4-2-3-5-16-10-12-22-13-11-16/h6-9,14,16,18,22,27H,10-13,21H2,1H3,(H,23,25)(H,24,26)/t14-,18+/m1/s1. The van der Waals surface area contributed by atoms with Crippen molar-refractivity contribution in [3.8, 4) is 23.7 Å². The van der Waals surface area contributed by atoms with Crippen LogP contribution in [0.5, 0.6) is 0 Å². The Hall–Kier alpha value is -2.84. The van der Waals surface area contributed by atoms with Crippen molar-refractivity contribution < 1.29 is 14.8 Å². The maximum absolute atomic E-state index is 12.2. The molecule has 27 heavy (non-hydrogen) atoms. The highest BCUT2D eigenvalue weighted by molar-refractivity contribution is 5.97. The molecule has 142 valence electrons. The molecule has 7 nitrogen and oxygen atoms in total. The predicted molar refractivity (Wildman–Crippen MR) is 102 cm³/mol. The predicted octanol–water partition coefficient (Wildman–Crippen LogP) is -0.00790. The highest BCUT2D eigenvalue weighted by Crippen LogP contribution is 2.09. The summed E-state index contributed by atoms with van der Waals surface area (Å²) in [5.41, 5.74) is 8.26. The first kappa shape index (κ1) is 20.5. The fraction of sp³-hybridized carbons (Fsp3) is 0.400. The summed E-state index contributed by atoms with van der Waals surface area (Å²) in [6.07, 6.45) is 2.10. The summed E-state index contributed by atoms with van der Waals surface area (Å²) in [5.74, 6) is 11.0. The van der Waals surface area contributed by atoms with Gasteiger partial charge in [0.2, 0.25) is 0 Å². The number of hydrogen-bond acceptors (Lipinski definition) is 5. The van der Waals surface area contributed by atoms with Gasteiger partial charge in [-0.25, -0.2) is 5.48 Å². The third-order valence-electron chi connectivity index (χ3n) is 4.24. The fourth-order valence-corrected chi connectivity index (χ4v) is 2.64. The topological polar surface area (TPSA) is 116 Å². The second-order valence-corrected chi connectivity index (χ2v) is 6.41. The minimum absolute atomic E-state index is 0.359. The number of nitrogens with one attached hydrogen (secondary N) is 3. The molecular weight excluding hydrogens is 344 g/mol. The highest BCUT2D eigenvalue weighted by atomic mass is 16.5.